The number of rotatable bonds is 12. The number of hydrogen-bond donors (Lipinski definition) is 7. The van der Waals surface area contributed by atoms with Gasteiger partial charge in [-0.2, -0.15) is 0 Å². The predicted molar refractivity (Wildman–Crippen MR) is 130 cm³/mol. The van der Waals surface area contributed by atoms with Crippen LogP contribution in [0.5, 0.6) is 0 Å². The van der Waals surface area contributed by atoms with Crippen LogP contribution in [0.1, 0.15) is 39.7 Å². The number of aromatic nitrogens is 1. The van der Waals surface area contributed by atoms with Gasteiger partial charge in [0.25, 0.3) is 0 Å². The lowest BCUT2D eigenvalue weighted by atomic mass is 10.0. The lowest BCUT2D eigenvalue weighted by Crippen LogP contribution is -2.60. The molecule has 11 nitrogen and oxygen atoms in total. The van der Waals surface area contributed by atoms with E-state index in [1.54, 1.807) is 6.20 Å². The standard InChI is InChI=1S/C24H35N5O6/c1-12(2)9-17(25)21(31)29-20(14(4)30)23(33)28-19(22(32)27-13(3)24(34)35)10-15-11-26-18-8-6-5-7-16(15)18/h5-8,11-14,17,19-20,26,30H,9-10,25H2,1-4H3,(H,27,32)(H,28,33)(H,29,31)(H,34,35). The number of nitrogens with one attached hydrogen (secondary N) is 4. The molecule has 2 rings (SSSR count). The molecule has 0 fully saturated rings. The predicted octanol–water partition coefficient (Wildman–Crippen LogP) is 0.0235. The maximum absolute atomic E-state index is 13.1. The van der Waals surface area contributed by atoms with Gasteiger partial charge >= 0.3 is 5.97 Å². The van der Waals surface area contributed by atoms with Crippen molar-refractivity contribution in [2.24, 2.45) is 11.7 Å². The summed E-state index contributed by atoms with van der Waals surface area (Å²) in [6.07, 6.45) is 0.858. The van der Waals surface area contributed by atoms with Crippen molar-refractivity contribution in [3.63, 3.8) is 0 Å². The second kappa shape index (κ2) is 12.3. The second-order valence-electron chi connectivity index (χ2n) is 9.16. The van der Waals surface area contributed by atoms with Crippen LogP contribution >= 0.6 is 0 Å². The molecule has 11 heteroatoms. The molecule has 5 atom stereocenters. The number of aliphatic hydroxyl groups is 1. The number of H-pyrrole nitrogens is 1. The van der Waals surface area contributed by atoms with E-state index in [4.69, 9.17) is 10.8 Å². The summed E-state index contributed by atoms with van der Waals surface area (Å²) in [6.45, 7) is 6.44. The normalized spacial score (nSPS) is 15.6. The van der Waals surface area contributed by atoms with Crippen LogP contribution in [0.25, 0.3) is 10.9 Å². The van der Waals surface area contributed by atoms with Crippen LogP contribution in [-0.4, -0.2) is 69.2 Å². The molecule has 5 unspecified atom stereocenters. The fraction of sp³-hybridized carbons (Fsp3) is 0.500. The molecular weight excluding hydrogens is 454 g/mol. The summed E-state index contributed by atoms with van der Waals surface area (Å²) in [5.41, 5.74) is 7.45. The van der Waals surface area contributed by atoms with E-state index in [9.17, 15) is 24.3 Å². The highest BCUT2D eigenvalue weighted by Gasteiger charge is 2.32. The number of aliphatic carboxylic acids is 1. The number of benzene rings is 1. The Morgan fingerprint density at radius 1 is 0.971 bits per heavy atom. The molecule has 0 saturated heterocycles. The third kappa shape index (κ3) is 7.79. The van der Waals surface area contributed by atoms with Gasteiger partial charge in [0.15, 0.2) is 0 Å². The average Bonchev–Trinajstić information content (AvgIpc) is 3.18. The topological polar surface area (TPSA) is 187 Å². The fourth-order valence-electron chi connectivity index (χ4n) is 3.65. The van der Waals surface area contributed by atoms with Crippen LogP contribution in [0.4, 0.5) is 0 Å². The molecule has 0 spiro atoms. The van der Waals surface area contributed by atoms with Crippen molar-refractivity contribution < 1.29 is 29.4 Å². The van der Waals surface area contributed by atoms with Crippen LogP contribution in [0.3, 0.4) is 0 Å². The zero-order valence-corrected chi connectivity index (χ0v) is 20.4. The molecule has 0 aliphatic carbocycles. The molecule has 35 heavy (non-hydrogen) atoms. The van der Waals surface area contributed by atoms with Crippen molar-refractivity contribution >= 4 is 34.6 Å². The first kappa shape index (κ1) is 27.8. The molecular formula is C24H35N5O6. The number of aliphatic hydroxyl groups excluding tert-OH is 1. The highest BCUT2D eigenvalue weighted by atomic mass is 16.4. The summed E-state index contributed by atoms with van der Waals surface area (Å²) in [6, 6.07) is 2.80. The first-order valence-corrected chi connectivity index (χ1v) is 11.5. The van der Waals surface area contributed by atoms with Gasteiger partial charge in [0, 0.05) is 23.5 Å². The molecule has 0 saturated carbocycles. The minimum atomic E-state index is -1.36. The molecule has 1 aromatic carbocycles. The maximum Gasteiger partial charge on any atom is 0.325 e. The van der Waals surface area contributed by atoms with E-state index < -0.39 is 54.0 Å². The van der Waals surface area contributed by atoms with Crippen LogP contribution in [0.15, 0.2) is 30.5 Å². The van der Waals surface area contributed by atoms with Gasteiger partial charge in [-0.15, -0.1) is 0 Å². The highest BCUT2D eigenvalue weighted by Crippen LogP contribution is 2.19. The van der Waals surface area contributed by atoms with Gasteiger partial charge < -0.3 is 36.9 Å². The van der Waals surface area contributed by atoms with Crippen molar-refractivity contribution in [1.82, 2.24) is 20.9 Å². The first-order valence-electron chi connectivity index (χ1n) is 11.5. The van der Waals surface area contributed by atoms with Crippen LogP contribution in [0.2, 0.25) is 0 Å². The molecule has 0 aliphatic rings. The van der Waals surface area contributed by atoms with E-state index >= 15 is 0 Å². The molecule has 8 N–H and O–H groups in total. The Balaban J connectivity index is 2.25. The number of amides is 3. The number of aromatic amines is 1. The van der Waals surface area contributed by atoms with Crippen LogP contribution in [0, 0.1) is 5.92 Å². The Labute approximate surface area is 203 Å². The lowest BCUT2D eigenvalue weighted by Gasteiger charge is -2.26. The van der Waals surface area contributed by atoms with Gasteiger partial charge in [-0.1, -0.05) is 32.0 Å². The van der Waals surface area contributed by atoms with E-state index in [-0.39, 0.29) is 12.3 Å². The monoisotopic (exact) mass is 489 g/mol. The van der Waals surface area contributed by atoms with Gasteiger partial charge in [-0.3, -0.25) is 19.2 Å². The van der Waals surface area contributed by atoms with Crippen molar-refractivity contribution in [2.75, 3.05) is 0 Å². The Bertz CT molecular complexity index is 1050. The van der Waals surface area contributed by atoms with Gasteiger partial charge in [-0.25, -0.2) is 0 Å². The highest BCUT2D eigenvalue weighted by molar-refractivity contribution is 5.95. The number of carbonyl (C=O) groups excluding carboxylic acids is 3. The summed E-state index contributed by atoms with van der Waals surface area (Å²) in [5, 5.41) is 27.5. The Hall–Kier alpha value is -3.44. The van der Waals surface area contributed by atoms with E-state index in [1.807, 2.05) is 38.1 Å². The van der Waals surface area contributed by atoms with Gasteiger partial charge in [-0.05, 0) is 37.8 Å². The number of carbonyl (C=O) groups is 4. The summed E-state index contributed by atoms with van der Waals surface area (Å²) in [5.74, 6) is -3.20. The van der Waals surface area contributed by atoms with E-state index in [1.165, 1.54) is 13.8 Å². The summed E-state index contributed by atoms with van der Waals surface area (Å²) in [4.78, 5) is 52.8. The molecule has 192 valence electrons. The van der Waals surface area contributed by atoms with Gasteiger partial charge in [0.1, 0.15) is 18.1 Å². The molecule has 0 radical (unpaired) electrons. The largest absolute Gasteiger partial charge is 0.480 e. The third-order valence-corrected chi connectivity index (χ3v) is 5.59. The maximum atomic E-state index is 13.1. The Kier molecular flexibility index (Phi) is 9.78. The number of nitrogens with two attached hydrogens (primary N) is 1. The summed E-state index contributed by atoms with van der Waals surface area (Å²) in [7, 11) is 0. The van der Waals surface area contributed by atoms with Gasteiger partial charge in [0.05, 0.1) is 12.1 Å². The molecule has 3 amide bonds. The van der Waals surface area contributed by atoms with Crippen molar-refractivity contribution in [1.29, 1.82) is 0 Å². The molecule has 2 aromatic rings. The summed E-state index contributed by atoms with van der Waals surface area (Å²) < 4.78 is 0. The van der Waals surface area contributed by atoms with Crippen molar-refractivity contribution in [3.8, 4) is 0 Å². The average molecular weight is 490 g/mol. The number of hydrogen-bond acceptors (Lipinski definition) is 6. The SMILES string of the molecule is CC(C)CC(N)C(=O)NC(C(=O)NC(Cc1c[nH]c2ccccc12)C(=O)NC(C)C(=O)O)C(C)O. The lowest BCUT2D eigenvalue weighted by molar-refractivity contribution is -0.142. The molecule has 0 aliphatic heterocycles. The zero-order chi connectivity index (χ0) is 26.3. The Morgan fingerprint density at radius 3 is 2.23 bits per heavy atom. The third-order valence-electron chi connectivity index (χ3n) is 5.59. The molecule has 1 aromatic heterocycles. The van der Waals surface area contributed by atoms with E-state index in [0.29, 0.717) is 6.42 Å². The van der Waals surface area contributed by atoms with Crippen molar-refractivity contribution in [2.45, 2.75) is 70.8 Å². The van der Waals surface area contributed by atoms with Crippen LogP contribution < -0.4 is 21.7 Å². The zero-order valence-electron chi connectivity index (χ0n) is 20.4. The van der Waals surface area contributed by atoms with Crippen LogP contribution in [-0.2, 0) is 25.6 Å². The van der Waals surface area contributed by atoms with Gasteiger partial charge in [0.2, 0.25) is 17.7 Å². The second-order valence-corrected chi connectivity index (χ2v) is 9.16. The summed E-state index contributed by atoms with van der Waals surface area (Å²) >= 11 is 0. The number of carboxylic acid groups (broad SMARTS) is 1. The minimum absolute atomic E-state index is 0.0429. The minimum Gasteiger partial charge on any atom is -0.480 e. The number of para-hydroxylation sites is 1. The van der Waals surface area contributed by atoms with E-state index in [0.717, 1.165) is 16.5 Å². The molecule has 1 heterocycles. The quantitative estimate of drug-likeness (QED) is 0.219. The first-order chi connectivity index (χ1) is 16.4. The molecule has 0 bridgehead atoms. The fourth-order valence-corrected chi connectivity index (χ4v) is 3.65. The number of fused-ring (bicyclic) bond motifs is 1. The Morgan fingerprint density at radius 2 is 1.63 bits per heavy atom. The smallest absolute Gasteiger partial charge is 0.325 e. The number of carboxylic acids is 1. The van der Waals surface area contributed by atoms with E-state index in [2.05, 4.69) is 20.9 Å². The van der Waals surface area contributed by atoms with Crippen molar-refractivity contribution in [3.05, 3.63) is 36.0 Å².